The van der Waals surface area contributed by atoms with E-state index < -0.39 is 0 Å². The molecular weight excluding hydrogens is 259 g/mol. The minimum atomic E-state index is -0.384. The highest BCUT2D eigenvalue weighted by molar-refractivity contribution is 7.10. The van der Waals surface area contributed by atoms with Gasteiger partial charge in [0, 0.05) is 4.88 Å². The highest BCUT2D eigenvalue weighted by Gasteiger charge is 2.16. The third kappa shape index (κ3) is 2.45. The number of hydrogen-bond donors (Lipinski definition) is 0. The van der Waals surface area contributed by atoms with E-state index in [0.717, 1.165) is 16.0 Å². The van der Waals surface area contributed by atoms with E-state index in [0.29, 0.717) is 0 Å². The highest BCUT2D eigenvalue weighted by atomic mass is 35.5. The number of alkyl halides is 1. The van der Waals surface area contributed by atoms with E-state index in [9.17, 15) is 4.39 Å². The smallest absolute Gasteiger partial charge is 0.165 e. The molecule has 2 aromatic rings. The molecule has 4 heteroatoms. The lowest BCUT2D eigenvalue weighted by Gasteiger charge is -2.11. The Morgan fingerprint density at radius 3 is 2.65 bits per heavy atom. The van der Waals surface area contributed by atoms with Crippen molar-refractivity contribution in [2.45, 2.75) is 12.3 Å². The fraction of sp³-hybridized carbons (Fsp3) is 0.231. The van der Waals surface area contributed by atoms with Crippen LogP contribution >= 0.6 is 22.9 Å². The van der Waals surface area contributed by atoms with Crippen LogP contribution in [0.15, 0.2) is 29.6 Å². The van der Waals surface area contributed by atoms with Gasteiger partial charge in [0.25, 0.3) is 0 Å². The van der Waals surface area contributed by atoms with Gasteiger partial charge in [0.2, 0.25) is 0 Å². The van der Waals surface area contributed by atoms with Gasteiger partial charge in [-0.15, -0.1) is 22.9 Å². The van der Waals surface area contributed by atoms with E-state index in [2.05, 4.69) is 0 Å². The first-order valence-corrected chi connectivity index (χ1v) is 6.46. The van der Waals surface area contributed by atoms with E-state index in [-0.39, 0.29) is 16.9 Å². The molecule has 0 saturated carbocycles. The second-order valence-corrected chi connectivity index (χ2v) is 5.11. The molecule has 0 saturated heterocycles. The third-order valence-corrected chi connectivity index (χ3v) is 4.28. The van der Waals surface area contributed by atoms with Crippen molar-refractivity contribution in [3.63, 3.8) is 0 Å². The van der Waals surface area contributed by atoms with E-state index in [1.54, 1.807) is 23.5 Å². The van der Waals surface area contributed by atoms with Crippen molar-refractivity contribution >= 4 is 22.9 Å². The van der Waals surface area contributed by atoms with Crippen molar-refractivity contribution in [3.8, 4) is 5.75 Å². The van der Waals surface area contributed by atoms with Crippen molar-refractivity contribution in [2.24, 2.45) is 0 Å². The van der Waals surface area contributed by atoms with Crippen LogP contribution in [0, 0.1) is 12.7 Å². The molecule has 0 aliphatic carbocycles. The number of ether oxygens (including phenoxy) is 1. The second-order valence-electron chi connectivity index (χ2n) is 3.72. The molecular formula is C13H12ClFOS. The average molecular weight is 271 g/mol. The minimum Gasteiger partial charge on any atom is -0.494 e. The summed E-state index contributed by atoms with van der Waals surface area (Å²) in [5, 5.41) is 1.68. The fourth-order valence-corrected chi connectivity index (χ4v) is 3.03. The first-order valence-electron chi connectivity index (χ1n) is 5.15. The average Bonchev–Trinajstić information content (AvgIpc) is 2.74. The molecule has 0 fully saturated rings. The normalized spacial score (nSPS) is 12.5. The predicted molar refractivity (Wildman–Crippen MR) is 69.7 cm³/mol. The van der Waals surface area contributed by atoms with Crippen LogP contribution in [0.4, 0.5) is 4.39 Å². The van der Waals surface area contributed by atoms with Gasteiger partial charge in [-0.05, 0) is 41.6 Å². The molecule has 90 valence electrons. The molecule has 2 rings (SSSR count). The molecule has 0 aliphatic rings. The quantitative estimate of drug-likeness (QED) is 0.745. The Morgan fingerprint density at radius 1 is 1.35 bits per heavy atom. The summed E-state index contributed by atoms with van der Waals surface area (Å²) in [6.45, 7) is 2.00. The largest absolute Gasteiger partial charge is 0.494 e. The number of rotatable bonds is 3. The first-order chi connectivity index (χ1) is 8.13. The molecule has 17 heavy (non-hydrogen) atoms. The summed E-state index contributed by atoms with van der Waals surface area (Å²) in [4.78, 5) is 1.05. The van der Waals surface area contributed by atoms with Crippen LogP contribution in [0.3, 0.4) is 0 Å². The van der Waals surface area contributed by atoms with Gasteiger partial charge >= 0.3 is 0 Å². The Morgan fingerprint density at radius 2 is 2.12 bits per heavy atom. The minimum absolute atomic E-state index is 0.237. The van der Waals surface area contributed by atoms with Crippen molar-refractivity contribution in [1.29, 1.82) is 0 Å². The number of hydrogen-bond acceptors (Lipinski definition) is 2. The van der Waals surface area contributed by atoms with E-state index in [1.807, 2.05) is 18.4 Å². The zero-order chi connectivity index (χ0) is 12.4. The van der Waals surface area contributed by atoms with Crippen LogP contribution in [0.5, 0.6) is 5.75 Å². The summed E-state index contributed by atoms with van der Waals surface area (Å²) in [6, 6.07) is 6.83. The molecule has 1 aromatic carbocycles. The van der Waals surface area contributed by atoms with Gasteiger partial charge in [-0.3, -0.25) is 0 Å². The van der Waals surface area contributed by atoms with Gasteiger partial charge in [-0.25, -0.2) is 4.39 Å². The number of thiophene rings is 1. The molecule has 0 aliphatic heterocycles. The molecule has 1 nitrogen and oxygen atoms in total. The van der Waals surface area contributed by atoms with Crippen LogP contribution < -0.4 is 4.74 Å². The van der Waals surface area contributed by atoms with Gasteiger partial charge in [0.05, 0.1) is 12.5 Å². The van der Waals surface area contributed by atoms with E-state index in [4.69, 9.17) is 16.3 Å². The van der Waals surface area contributed by atoms with Gasteiger partial charge < -0.3 is 4.74 Å². The number of benzene rings is 1. The Labute approximate surface area is 109 Å². The van der Waals surface area contributed by atoms with Crippen molar-refractivity contribution < 1.29 is 9.13 Å². The Balaban J connectivity index is 2.35. The number of aryl methyl sites for hydroxylation is 1. The maximum atomic E-state index is 13.6. The van der Waals surface area contributed by atoms with Crippen LogP contribution in [0.2, 0.25) is 0 Å². The van der Waals surface area contributed by atoms with Gasteiger partial charge in [-0.1, -0.05) is 6.07 Å². The van der Waals surface area contributed by atoms with Crippen molar-refractivity contribution in [3.05, 3.63) is 51.5 Å². The maximum absolute atomic E-state index is 13.6. The third-order valence-electron chi connectivity index (χ3n) is 2.60. The monoisotopic (exact) mass is 270 g/mol. The maximum Gasteiger partial charge on any atom is 0.165 e. The van der Waals surface area contributed by atoms with Crippen LogP contribution in [0.25, 0.3) is 0 Å². The van der Waals surface area contributed by atoms with Crippen LogP contribution in [-0.4, -0.2) is 7.11 Å². The van der Waals surface area contributed by atoms with Crippen molar-refractivity contribution in [1.82, 2.24) is 0 Å². The molecule has 0 N–H and O–H groups in total. The summed E-state index contributed by atoms with van der Waals surface area (Å²) in [7, 11) is 1.44. The zero-order valence-electron chi connectivity index (χ0n) is 9.54. The second kappa shape index (κ2) is 5.07. The summed E-state index contributed by atoms with van der Waals surface area (Å²) < 4.78 is 18.5. The zero-order valence-corrected chi connectivity index (χ0v) is 11.1. The summed E-state index contributed by atoms with van der Waals surface area (Å²) in [6.07, 6.45) is 0. The lowest BCUT2D eigenvalue weighted by atomic mass is 10.1. The Kier molecular flexibility index (Phi) is 3.69. The molecule has 0 radical (unpaired) electrons. The standard InChI is InChI=1S/C13H12ClFOS/c1-8-5-6-17-13(8)12(14)9-3-4-11(16-2)10(15)7-9/h3-7,12H,1-2H3. The summed E-state index contributed by atoms with van der Waals surface area (Å²) >= 11 is 7.93. The van der Waals surface area contributed by atoms with E-state index >= 15 is 0 Å². The predicted octanol–water partition coefficient (Wildman–Crippen LogP) is 4.53. The van der Waals surface area contributed by atoms with Gasteiger partial charge in [0.1, 0.15) is 0 Å². The summed E-state index contributed by atoms with van der Waals surface area (Å²) in [5.74, 6) is -0.148. The lowest BCUT2D eigenvalue weighted by Crippen LogP contribution is -1.95. The van der Waals surface area contributed by atoms with E-state index in [1.165, 1.54) is 13.2 Å². The molecule has 1 atom stereocenters. The fourth-order valence-electron chi connectivity index (χ4n) is 1.64. The Bertz CT molecular complexity index is 524. The van der Waals surface area contributed by atoms with Gasteiger partial charge in [0.15, 0.2) is 11.6 Å². The molecule has 1 unspecified atom stereocenters. The SMILES string of the molecule is COc1ccc(C(Cl)c2sccc2C)cc1F. The molecule has 1 heterocycles. The Hall–Kier alpha value is -1.06. The van der Waals surface area contributed by atoms with Crippen molar-refractivity contribution in [2.75, 3.05) is 7.11 Å². The molecule has 1 aromatic heterocycles. The summed E-state index contributed by atoms with van der Waals surface area (Å²) in [5.41, 5.74) is 1.88. The number of halogens is 2. The number of methoxy groups -OCH3 is 1. The van der Waals surface area contributed by atoms with Crippen LogP contribution in [0.1, 0.15) is 21.4 Å². The molecule has 0 bridgehead atoms. The lowest BCUT2D eigenvalue weighted by molar-refractivity contribution is 0.386. The highest BCUT2D eigenvalue weighted by Crippen LogP contribution is 2.35. The van der Waals surface area contributed by atoms with Crippen LogP contribution in [-0.2, 0) is 0 Å². The van der Waals surface area contributed by atoms with Gasteiger partial charge in [-0.2, -0.15) is 0 Å². The topological polar surface area (TPSA) is 9.23 Å². The first kappa shape index (κ1) is 12.4. The molecule has 0 amide bonds. The molecule has 0 spiro atoms.